The van der Waals surface area contributed by atoms with E-state index < -0.39 is 12.0 Å². The Hall–Kier alpha value is -4.05. The zero-order valence-corrected chi connectivity index (χ0v) is 23.6. The fourth-order valence-corrected chi connectivity index (χ4v) is 6.13. The van der Waals surface area contributed by atoms with Crippen molar-refractivity contribution in [1.29, 1.82) is 0 Å². The minimum atomic E-state index is -0.624. The zero-order chi connectivity index (χ0) is 28.2. The number of hydrogen-bond acceptors (Lipinski definition) is 8. The number of nitrogens with zero attached hydrogens (tertiary/aromatic N) is 4. The second kappa shape index (κ2) is 12.0. The van der Waals surface area contributed by atoms with Gasteiger partial charge in [0.05, 0.1) is 37.4 Å². The number of piperazine rings is 1. The van der Waals surface area contributed by atoms with Gasteiger partial charge >= 0.3 is 5.97 Å². The molecule has 2 amide bonds. The molecule has 3 aliphatic rings. The standard InChI is InChI=1S/C30H32N4O5S/c1-4-39-29(37)26-27(21-10-6-5-7-11-21)31-30-34(28(26)23-12-8-9-13-24(23)38-3)22(19-40-30)18-25(36)33-16-14-32(15-17-33)20(2)35/h5-13,19,28H,4,14-18H2,1-3H3. The zero-order valence-electron chi connectivity index (χ0n) is 22.8. The van der Waals surface area contributed by atoms with Gasteiger partial charge in [0.15, 0.2) is 5.17 Å². The van der Waals surface area contributed by atoms with Gasteiger partial charge in [-0.05, 0) is 18.4 Å². The van der Waals surface area contributed by atoms with Gasteiger partial charge in [-0.3, -0.25) is 9.59 Å². The molecule has 0 radical (unpaired) electrons. The number of carbonyl (C=O) groups is 3. The smallest absolute Gasteiger partial charge is 0.338 e. The molecule has 0 aromatic heterocycles. The quantitative estimate of drug-likeness (QED) is 0.472. The highest BCUT2D eigenvalue weighted by Crippen LogP contribution is 2.48. The molecule has 0 N–H and O–H groups in total. The molecule has 3 heterocycles. The molecule has 1 fully saturated rings. The fraction of sp³-hybridized carbons (Fsp3) is 0.333. The van der Waals surface area contributed by atoms with Crippen LogP contribution in [0.3, 0.4) is 0 Å². The van der Waals surface area contributed by atoms with Crippen LogP contribution in [0.5, 0.6) is 5.75 Å². The molecule has 208 valence electrons. The first kappa shape index (κ1) is 27.5. The van der Waals surface area contributed by atoms with Crippen molar-refractivity contribution in [2.45, 2.75) is 26.3 Å². The third-order valence-corrected chi connectivity index (χ3v) is 8.08. The van der Waals surface area contributed by atoms with Crippen LogP contribution in [0.25, 0.3) is 5.70 Å². The molecule has 0 bridgehead atoms. The summed E-state index contributed by atoms with van der Waals surface area (Å²) in [5.41, 5.74) is 3.23. The van der Waals surface area contributed by atoms with Crippen molar-refractivity contribution in [2.75, 3.05) is 39.9 Å². The number of amidine groups is 1. The van der Waals surface area contributed by atoms with E-state index in [1.54, 1.807) is 30.8 Å². The number of fused-ring (bicyclic) bond motifs is 1. The molecule has 0 aliphatic carbocycles. The van der Waals surface area contributed by atoms with Gasteiger partial charge in [0, 0.05) is 49.9 Å². The van der Waals surface area contributed by atoms with Crippen molar-refractivity contribution < 1.29 is 23.9 Å². The molecule has 2 aromatic rings. The van der Waals surface area contributed by atoms with E-state index in [0.717, 1.165) is 16.8 Å². The van der Waals surface area contributed by atoms with E-state index in [4.69, 9.17) is 14.5 Å². The molecule has 1 unspecified atom stereocenters. The molecule has 3 aliphatic heterocycles. The molecule has 1 saturated heterocycles. The molecule has 9 nitrogen and oxygen atoms in total. The van der Waals surface area contributed by atoms with E-state index in [1.165, 1.54) is 11.8 Å². The van der Waals surface area contributed by atoms with E-state index >= 15 is 0 Å². The van der Waals surface area contributed by atoms with Crippen LogP contribution in [0.15, 0.2) is 76.3 Å². The number of thioether (sulfide) groups is 1. The van der Waals surface area contributed by atoms with E-state index in [1.807, 2.05) is 64.9 Å². The Balaban J connectivity index is 1.55. The molecular formula is C30H32N4O5S. The van der Waals surface area contributed by atoms with Crippen molar-refractivity contribution in [2.24, 2.45) is 4.99 Å². The Morgan fingerprint density at radius 2 is 1.65 bits per heavy atom. The Kier molecular flexibility index (Phi) is 8.25. The summed E-state index contributed by atoms with van der Waals surface area (Å²) < 4.78 is 11.3. The van der Waals surface area contributed by atoms with Gasteiger partial charge in [-0.2, -0.15) is 0 Å². The number of ether oxygens (including phenoxy) is 2. The maximum absolute atomic E-state index is 13.7. The first-order valence-corrected chi connectivity index (χ1v) is 14.2. The Morgan fingerprint density at radius 3 is 2.33 bits per heavy atom. The Labute approximate surface area is 238 Å². The third kappa shape index (κ3) is 5.36. The van der Waals surface area contributed by atoms with Crippen LogP contribution in [0, 0.1) is 0 Å². The lowest BCUT2D eigenvalue weighted by Crippen LogP contribution is -2.50. The number of benzene rings is 2. The summed E-state index contributed by atoms with van der Waals surface area (Å²) >= 11 is 1.43. The summed E-state index contributed by atoms with van der Waals surface area (Å²) in [6.07, 6.45) is 0.133. The molecule has 10 heteroatoms. The lowest BCUT2D eigenvalue weighted by Gasteiger charge is -2.38. The first-order chi connectivity index (χ1) is 19.4. The lowest BCUT2D eigenvalue weighted by molar-refractivity contribution is -0.139. The summed E-state index contributed by atoms with van der Waals surface area (Å²) in [5, 5.41) is 2.61. The van der Waals surface area contributed by atoms with Crippen LogP contribution >= 0.6 is 11.8 Å². The predicted molar refractivity (Wildman–Crippen MR) is 154 cm³/mol. The van der Waals surface area contributed by atoms with Crippen LogP contribution in [-0.4, -0.2) is 77.5 Å². The average Bonchev–Trinajstić information content (AvgIpc) is 3.38. The van der Waals surface area contributed by atoms with E-state index in [-0.39, 0.29) is 24.8 Å². The number of amides is 2. The van der Waals surface area contributed by atoms with Gasteiger partial charge < -0.3 is 24.2 Å². The van der Waals surface area contributed by atoms with Crippen molar-refractivity contribution >= 4 is 40.4 Å². The molecule has 0 spiro atoms. The van der Waals surface area contributed by atoms with Crippen LogP contribution in [0.4, 0.5) is 0 Å². The summed E-state index contributed by atoms with van der Waals surface area (Å²) in [7, 11) is 1.60. The first-order valence-electron chi connectivity index (χ1n) is 13.3. The topological polar surface area (TPSA) is 91.8 Å². The highest BCUT2D eigenvalue weighted by atomic mass is 32.2. The van der Waals surface area contributed by atoms with Gasteiger partial charge in [0.1, 0.15) is 5.75 Å². The molecular weight excluding hydrogens is 528 g/mol. The Morgan fingerprint density at radius 1 is 0.975 bits per heavy atom. The lowest BCUT2D eigenvalue weighted by atomic mass is 9.91. The van der Waals surface area contributed by atoms with Gasteiger partial charge in [-0.15, -0.1) is 0 Å². The van der Waals surface area contributed by atoms with Gasteiger partial charge in [0.2, 0.25) is 11.8 Å². The van der Waals surface area contributed by atoms with Crippen LogP contribution in [0.1, 0.15) is 37.4 Å². The van der Waals surface area contributed by atoms with Crippen LogP contribution < -0.4 is 4.74 Å². The minimum Gasteiger partial charge on any atom is -0.496 e. The van der Waals surface area contributed by atoms with Crippen LogP contribution in [-0.2, 0) is 19.1 Å². The summed E-state index contributed by atoms with van der Waals surface area (Å²) in [6.45, 7) is 5.55. The molecule has 1 atom stereocenters. The summed E-state index contributed by atoms with van der Waals surface area (Å²) in [5.74, 6) is 0.128. The number of esters is 1. The fourth-order valence-electron chi connectivity index (χ4n) is 5.21. The van der Waals surface area contributed by atoms with Crippen molar-refractivity contribution in [1.82, 2.24) is 14.7 Å². The van der Waals surface area contributed by atoms with E-state index in [0.29, 0.717) is 48.4 Å². The SMILES string of the molecule is CCOC(=O)C1=C(c2ccccc2)N=C2SC=C(CC(=O)N3CCN(C(C)=O)CC3)N2C1c1ccccc1OC. The van der Waals surface area contributed by atoms with Gasteiger partial charge in [-0.25, -0.2) is 9.79 Å². The maximum atomic E-state index is 13.7. The van der Waals surface area contributed by atoms with E-state index in [9.17, 15) is 14.4 Å². The highest BCUT2D eigenvalue weighted by Gasteiger charge is 2.43. The van der Waals surface area contributed by atoms with Crippen molar-refractivity contribution in [3.63, 3.8) is 0 Å². The number of carbonyl (C=O) groups excluding carboxylic acids is 3. The number of para-hydroxylation sites is 1. The Bertz CT molecular complexity index is 1400. The summed E-state index contributed by atoms with van der Waals surface area (Å²) in [6, 6.07) is 16.5. The van der Waals surface area contributed by atoms with Crippen molar-refractivity contribution in [3.05, 3.63) is 82.4 Å². The minimum absolute atomic E-state index is 0.0170. The van der Waals surface area contributed by atoms with Gasteiger partial charge in [0.25, 0.3) is 0 Å². The van der Waals surface area contributed by atoms with Gasteiger partial charge in [-0.1, -0.05) is 60.3 Å². The molecule has 2 aromatic carbocycles. The molecule has 0 saturated carbocycles. The number of hydrogen-bond donors (Lipinski definition) is 0. The molecule has 5 rings (SSSR count). The summed E-state index contributed by atoms with van der Waals surface area (Å²) in [4.78, 5) is 49.3. The normalized spacial score (nSPS) is 18.7. The van der Waals surface area contributed by atoms with E-state index in [2.05, 4.69) is 0 Å². The second-order valence-corrected chi connectivity index (χ2v) is 10.4. The number of methoxy groups -OCH3 is 1. The highest BCUT2D eigenvalue weighted by molar-refractivity contribution is 8.16. The predicted octanol–water partition coefficient (Wildman–Crippen LogP) is 4.05. The molecule has 40 heavy (non-hydrogen) atoms. The second-order valence-electron chi connectivity index (χ2n) is 9.55. The third-order valence-electron chi connectivity index (χ3n) is 7.20. The maximum Gasteiger partial charge on any atom is 0.338 e. The average molecular weight is 561 g/mol. The monoisotopic (exact) mass is 560 g/mol. The number of aliphatic imine (C=N–C) groups is 1. The van der Waals surface area contributed by atoms with Crippen LogP contribution in [0.2, 0.25) is 0 Å². The number of rotatable bonds is 7. The largest absolute Gasteiger partial charge is 0.496 e. The van der Waals surface area contributed by atoms with Crippen molar-refractivity contribution in [3.8, 4) is 5.75 Å².